The van der Waals surface area contributed by atoms with E-state index in [2.05, 4.69) is 34.4 Å². The normalized spacial score (nSPS) is 16.1. The number of nitrogens with zero attached hydrogens (tertiary/aromatic N) is 3. The lowest BCUT2D eigenvalue weighted by Crippen LogP contribution is -2.36. The number of benzene rings is 2. The van der Waals surface area contributed by atoms with Crippen LogP contribution >= 0.6 is 11.3 Å². The molecule has 2 N–H and O–H groups in total. The van der Waals surface area contributed by atoms with E-state index in [0.29, 0.717) is 18.1 Å². The molecule has 202 valence electrons. The van der Waals surface area contributed by atoms with Crippen LogP contribution in [0.3, 0.4) is 0 Å². The number of hydrogen-bond donors (Lipinski definition) is 2. The first-order valence-electron chi connectivity index (χ1n) is 13.3. The molecule has 0 unspecified atom stereocenters. The molecule has 6 rings (SSSR count). The van der Waals surface area contributed by atoms with Crippen molar-refractivity contribution >= 4 is 38.6 Å². The van der Waals surface area contributed by atoms with E-state index < -0.39 is 18.4 Å². The Morgan fingerprint density at radius 2 is 1.95 bits per heavy atom. The zero-order valence-electron chi connectivity index (χ0n) is 21.7. The summed E-state index contributed by atoms with van der Waals surface area (Å²) in [7, 11) is 0. The number of aliphatic carboxylic acids is 1. The van der Waals surface area contributed by atoms with E-state index in [-0.39, 0.29) is 6.10 Å². The highest BCUT2D eigenvalue weighted by Gasteiger charge is 2.33. The largest absolute Gasteiger partial charge is 0.480 e. The SMILES string of the molecule is Cc1ccccc1-c1noc(C2CC2)c1COC1CCN(c2nc3ccc(C(=O)NCC(=O)O)cc3s2)CC1. The van der Waals surface area contributed by atoms with Gasteiger partial charge in [-0.15, -0.1) is 0 Å². The summed E-state index contributed by atoms with van der Waals surface area (Å²) in [6, 6.07) is 13.5. The molecule has 0 atom stereocenters. The van der Waals surface area contributed by atoms with Gasteiger partial charge in [-0.25, -0.2) is 4.98 Å². The second kappa shape index (κ2) is 10.8. The van der Waals surface area contributed by atoms with Crippen LogP contribution in [-0.4, -0.2) is 52.9 Å². The minimum Gasteiger partial charge on any atom is -0.480 e. The van der Waals surface area contributed by atoms with E-state index in [0.717, 1.165) is 76.7 Å². The summed E-state index contributed by atoms with van der Waals surface area (Å²) in [5.74, 6) is -0.0430. The third kappa shape index (κ3) is 5.53. The molecule has 2 aromatic heterocycles. The summed E-state index contributed by atoms with van der Waals surface area (Å²) in [4.78, 5) is 30.0. The number of carbonyl (C=O) groups excluding carboxylic acids is 1. The quantitative estimate of drug-likeness (QED) is 0.296. The van der Waals surface area contributed by atoms with Crippen LogP contribution in [0.5, 0.6) is 0 Å². The predicted octanol–water partition coefficient (Wildman–Crippen LogP) is 5.14. The molecule has 2 aliphatic rings. The molecule has 10 heteroatoms. The molecule has 3 heterocycles. The average Bonchev–Trinajstić information content (AvgIpc) is 3.56. The van der Waals surface area contributed by atoms with Crippen molar-refractivity contribution < 1.29 is 24.0 Å². The van der Waals surface area contributed by atoms with Crippen LogP contribution in [0.4, 0.5) is 5.13 Å². The van der Waals surface area contributed by atoms with Crippen molar-refractivity contribution in [2.75, 3.05) is 24.5 Å². The Balaban J connectivity index is 1.09. The number of rotatable bonds is 9. The maximum Gasteiger partial charge on any atom is 0.322 e. The van der Waals surface area contributed by atoms with Crippen molar-refractivity contribution in [2.45, 2.75) is 51.2 Å². The van der Waals surface area contributed by atoms with Crippen LogP contribution in [0.25, 0.3) is 21.5 Å². The fourth-order valence-corrected chi connectivity index (χ4v) is 6.10. The van der Waals surface area contributed by atoms with Crippen LogP contribution < -0.4 is 10.2 Å². The van der Waals surface area contributed by atoms with Crippen LogP contribution in [-0.2, 0) is 16.1 Å². The number of carbonyl (C=O) groups is 2. The smallest absolute Gasteiger partial charge is 0.322 e. The van der Waals surface area contributed by atoms with E-state index in [1.807, 2.05) is 18.2 Å². The number of piperidine rings is 1. The van der Waals surface area contributed by atoms with Gasteiger partial charge in [-0.2, -0.15) is 0 Å². The van der Waals surface area contributed by atoms with Gasteiger partial charge in [-0.05, 0) is 56.4 Å². The van der Waals surface area contributed by atoms with Crippen molar-refractivity contribution in [3.63, 3.8) is 0 Å². The van der Waals surface area contributed by atoms with Crippen molar-refractivity contribution in [2.24, 2.45) is 0 Å². The second-order valence-corrected chi connectivity index (χ2v) is 11.2. The number of fused-ring (bicyclic) bond motifs is 1. The topological polar surface area (TPSA) is 118 Å². The average molecular weight is 547 g/mol. The molecule has 0 spiro atoms. The Morgan fingerprint density at radius 3 is 2.69 bits per heavy atom. The fourth-order valence-electron chi connectivity index (χ4n) is 5.04. The second-order valence-electron chi connectivity index (χ2n) is 10.2. The van der Waals surface area contributed by atoms with Crippen LogP contribution in [0.15, 0.2) is 47.0 Å². The molecule has 1 aliphatic heterocycles. The van der Waals surface area contributed by atoms with Gasteiger partial charge in [0.1, 0.15) is 18.0 Å². The van der Waals surface area contributed by atoms with Gasteiger partial charge in [-0.3, -0.25) is 9.59 Å². The van der Waals surface area contributed by atoms with Crippen molar-refractivity contribution in [1.29, 1.82) is 0 Å². The Labute approximate surface area is 229 Å². The lowest BCUT2D eigenvalue weighted by molar-refractivity contribution is -0.135. The lowest BCUT2D eigenvalue weighted by Gasteiger charge is -2.31. The van der Waals surface area contributed by atoms with E-state index >= 15 is 0 Å². The number of aromatic nitrogens is 2. The van der Waals surface area contributed by atoms with Gasteiger partial charge < -0.3 is 24.6 Å². The van der Waals surface area contributed by atoms with Gasteiger partial charge in [0.05, 0.1) is 22.9 Å². The number of nitrogens with one attached hydrogen (secondary N) is 1. The van der Waals surface area contributed by atoms with E-state index in [9.17, 15) is 9.59 Å². The molecule has 1 amide bonds. The predicted molar refractivity (Wildman–Crippen MR) is 148 cm³/mol. The molecule has 0 radical (unpaired) electrons. The number of anilines is 1. The summed E-state index contributed by atoms with van der Waals surface area (Å²) < 4.78 is 13.2. The summed E-state index contributed by atoms with van der Waals surface area (Å²) in [5, 5.41) is 16.6. The van der Waals surface area contributed by atoms with E-state index in [1.54, 1.807) is 23.5 Å². The van der Waals surface area contributed by atoms with Gasteiger partial charge in [0.15, 0.2) is 5.13 Å². The minimum atomic E-state index is -1.08. The molecular weight excluding hydrogens is 516 g/mol. The summed E-state index contributed by atoms with van der Waals surface area (Å²) >= 11 is 1.54. The highest BCUT2D eigenvalue weighted by molar-refractivity contribution is 7.22. The zero-order chi connectivity index (χ0) is 26.9. The molecule has 9 nitrogen and oxygen atoms in total. The first-order valence-corrected chi connectivity index (χ1v) is 14.1. The fraction of sp³-hybridized carbons (Fsp3) is 0.379. The minimum absolute atomic E-state index is 0.145. The highest BCUT2D eigenvalue weighted by Crippen LogP contribution is 2.44. The molecule has 1 saturated carbocycles. The maximum absolute atomic E-state index is 12.2. The summed E-state index contributed by atoms with van der Waals surface area (Å²) in [6.45, 7) is 3.85. The number of ether oxygens (including phenoxy) is 1. The van der Waals surface area contributed by atoms with E-state index in [1.165, 1.54) is 5.56 Å². The summed E-state index contributed by atoms with van der Waals surface area (Å²) in [6.07, 6.45) is 4.21. The number of hydrogen-bond acceptors (Lipinski definition) is 8. The third-order valence-corrected chi connectivity index (χ3v) is 8.46. The number of carboxylic acid groups (broad SMARTS) is 1. The first kappa shape index (κ1) is 25.5. The molecule has 0 bridgehead atoms. The number of aryl methyl sites for hydroxylation is 1. The molecular formula is C29H30N4O5S. The Bertz CT molecular complexity index is 1520. The molecule has 4 aromatic rings. The van der Waals surface area contributed by atoms with E-state index in [4.69, 9.17) is 19.4 Å². The standard InChI is InChI=1S/C29H30N4O5S/c1-17-4-2-3-5-21(17)26-22(27(38-32-26)18-6-7-18)16-37-20-10-12-33(13-11-20)29-31-23-9-8-19(14-24(23)39-29)28(36)30-15-25(34)35/h2-5,8-9,14,18,20H,6-7,10-13,15-16H2,1H3,(H,30,36)(H,34,35). The number of amides is 1. The Hall–Kier alpha value is -3.76. The molecule has 2 aromatic carbocycles. The van der Waals surface area contributed by atoms with Gasteiger partial charge in [0.2, 0.25) is 0 Å². The molecule has 1 saturated heterocycles. The number of carboxylic acids is 1. The van der Waals surface area contributed by atoms with Crippen LogP contribution in [0.1, 0.15) is 58.8 Å². The van der Waals surface area contributed by atoms with Crippen LogP contribution in [0.2, 0.25) is 0 Å². The van der Waals surface area contributed by atoms with Gasteiger partial charge >= 0.3 is 5.97 Å². The maximum atomic E-state index is 12.2. The molecule has 2 fully saturated rings. The zero-order valence-corrected chi connectivity index (χ0v) is 22.5. The lowest BCUT2D eigenvalue weighted by atomic mass is 10.0. The van der Waals surface area contributed by atoms with Crippen molar-refractivity contribution in [3.8, 4) is 11.3 Å². The van der Waals surface area contributed by atoms with Crippen molar-refractivity contribution in [3.05, 3.63) is 64.9 Å². The number of thiazole rings is 1. The van der Waals surface area contributed by atoms with Gasteiger partial charge in [-0.1, -0.05) is 40.8 Å². The Morgan fingerprint density at radius 1 is 1.15 bits per heavy atom. The van der Waals surface area contributed by atoms with Crippen molar-refractivity contribution in [1.82, 2.24) is 15.5 Å². The Kier molecular flexibility index (Phi) is 7.05. The monoisotopic (exact) mass is 546 g/mol. The third-order valence-electron chi connectivity index (χ3n) is 7.38. The summed E-state index contributed by atoms with van der Waals surface area (Å²) in [5.41, 5.74) is 5.51. The molecule has 39 heavy (non-hydrogen) atoms. The highest BCUT2D eigenvalue weighted by atomic mass is 32.1. The molecule has 1 aliphatic carbocycles. The van der Waals surface area contributed by atoms with Gasteiger partial charge in [0.25, 0.3) is 5.91 Å². The first-order chi connectivity index (χ1) is 19.0. The van der Waals surface area contributed by atoms with Crippen LogP contribution in [0, 0.1) is 6.92 Å². The van der Waals surface area contributed by atoms with Gasteiger partial charge in [0, 0.05) is 35.7 Å².